The van der Waals surface area contributed by atoms with Crippen molar-refractivity contribution in [3.63, 3.8) is 0 Å². The van der Waals surface area contributed by atoms with Crippen LogP contribution in [0.3, 0.4) is 0 Å². The Labute approximate surface area is 128 Å². The van der Waals surface area contributed by atoms with Gasteiger partial charge in [-0.3, -0.25) is 4.79 Å². The van der Waals surface area contributed by atoms with Crippen LogP contribution in [-0.2, 0) is 0 Å². The first-order valence-electron chi connectivity index (χ1n) is 6.21. The molecule has 1 unspecified atom stereocenters. The van der Waals surface area contributed by atoms with Gasteiger partial charge >= 0.3 is 0 Å². The summed E-state index contributed by atoms with van der Waals surface area (Å²) in [5.74, 6) is 0.0269. The number of thiocarbonyl (C=S) groups is 1. The topological polar surface area (TPSA) is 46.3 Å². The van der Waals surface area contributed by atoms with Crippen molar-refractivity contribution in [2.75, 3.05) is 13.1 Å². The summed E-state index contributed by atoms with van der Waals surface area (Å²) >= 11 is 8.41. The van der Waals surface area contributed by atoms with E-state index in [2.05, 4.69) is 15.9 Å². The van der Waals surface area contributed by atoms with Crippen molar-refractivity contribution >= 4 is 39.0 Å². The van der Waals surface area contributed by atoms with Crippen LogP contribution in [-0.4, -0.2) is 28.9 Å². The molecule has 1 aromatic carbocycles. The van der Waals surface area contributed by atoms with Crippen LogP contribution in [0.25, 0.3) is 0 Å². The second kappa shape index (κ2) is 7.01. The van der Waals surface area contributed by atoms with Crippen LogP contribution in [0.5, 0.6) is 0 Å². The van der Waals surface area contributed by atoms with Gasteiger partial charge in [-0.05, 0) is 31.5 Å². The number of hydrogen-bond donors (Lipinski definition) is 1. The smallest absolute Gasteiger partial charge is 0.253 e. The fourth-order valence-electron chi connectivity index (χ4n) is 1.68. The summed E-state index contributed by atoms with van der Waals surface area (Å²) in [6.45, 7) is 7.06. The molecule has 1 atom stereocenters. The van der Waals surface area contributed by atoms with E-state index in [0.29, 0.717) is 23.6 Å². The van der Waals surface area contributed by atoms with Crippen LogP contribution in [0, 0.1) is 12.8 Å². The molecular formula is C14H19BrN2OS. The van der Waals surface area contributed by atoms with Gasteiger partial charge in [0.05, 0.1) is 4.99 Å². The van der Waals surface area contributed by atoms with Crippen LogP contribution >= 0.6 is 28.1 Å². The number of nitrogens with zero attached hydrogens (tertiary/aromatic N) is 1. The van der Waals surface area contributed by atoms with Gasteiger partial charge in [0.2, 0.25) is 0 Å². The second-order valence-corrected chi connectivity index (χ2v) is 5.94. The van der Waals surface area contributed by atoms with Crippen molar-refractivity contribution in [1.29, 1.82) is 0 Å². The normalized spacial score (nSPS) is 12.0. The largest absolute Gasteiger partial charge is 0.393 e. The van der Waals surface area contributed by atoms with Gasteiger partial charge in [-0.2, -0.15) is 0 Å². The van der Waals surface area contributed by atoms with E-state index in [4.69, 9.17) is 18.0 Å². The molecule has 0 spiro atoms. The predicted molar refractivity (Wildman–Crippen MR) is 86.4 cm³/mol. The summed E-state index contributed by atoms with van der Waals surface area (Å²) < 4.78 is 0.941. The lowest BCUT2D eigenvalue weighted by Crippen LogP contribution is -2.38. The Kier molecular flexibility index (Phi) is 5.94. The molecule has 1 rings (SSSR count). The Hall–Kier alpha value is -0.940. The zero-order valence-electron chi connectivity index (χ0n) is 11.4. The van der Waals surface area contributed by atoms with Crippen molar-refractivity contribution < 1.29 is 4.79 Å². The van der Waals surface area contributed by atoms with Gasteiger partial charge in [0, 0.05) is 29.0 Å². The van der Waals surface area contributed by atoms with Gasteiger partial charge < -0.3 is 10.6 Å². The summed E-state index contributed by atoms with van der Waals surface area (Å²) in [6.07, 6.45) is 0. The van der Waals surface area contributed by atoms with Crippen molar-refractivity contribution in [1.82, 2.24) is 4.90 Å². The quantitative estimate of drug-likeness (QED) is 0.836. The van der Waals surface area contributed by atoms with Crippen LogP contribution in [0.15, 0.2) is 22.7 Å². The number of hydrogen-bond acceptors (Lipinski definition) is 2. The summed E-state index contributed by atoms with van der Waals surface area (Å²) in [7, 11) is 0. The van der Waals surface area contributed by atoms with Gasteiger partial charge in [0.1, 0.15) is 0 Å². The van der Waals surface area contributed by atoms with E-state index < -0.39 is 0 Å². The third-order valence-electron chi connectivity index (χ3n) is 3.07. The highest BCUT2D eigenvalue weighted by Gasteiger charge is 2.18. The summed E-state index contributed by atoms with van der Waals surface area (Å²) in [4.78, 5) is 14.6. The molecule has 0 heterocycles. The lowest BCUT2D eigenvalue weighted by atomic mass is 10.1. The number of aryl methyl sites for hydroxylation is 1. The minimum absolute atomic E-state index is 0.00583. The fraction of sp³-hybridized carbons (Fsp3) is 0.429. The predicted octanol–water partition coefficient (Wildman–Crippen LogP) is 3.14. The van der Waals surface area contributed by atoms with E-state index in [1.54, 1.807) is 4.90 Å². The minimum Gasteiger partial charge on any atom is -0.393 e. The average Bonchev–Trinajstić information content (AvgIpc) is 2.37. The third kappa shape index (κ3) is 4.28. The highest BCUT2D eigenvalue weighted by atomic mass is 79.9. The van der Waals surface area contributed by atoms with Crippen molar-refractivity contribution in [3.8, 4) is 0 Å². The summed E-state index contributed by atoms with van der Waals surface area (Å²) in [6, 6.07) is 5.63. The van der Waals surface area contributed by atoms with Crippen molar-refractivity contribution in [2.45, 2.75) is 20.8 Å². The monoisotopic (exact) mass is 342 g/mol. The molecule has 0 fully saturated rings. The van der Waals surface area contributed by atoms with Gasteiger partial charge in [-0.15, -0.1) is 0 Å². The molecule has 0 bridgehead atoms. The van der Waals surface area contributed by atoms with E-state index in [1.807, 2.05) is 39.0 Å². The van der Waals surface area contributed by atoms with Gasteiger partial charge in [0.15, 0.2) is 0 Å². The Balaban J connectivity index is 2.89. The maximum absolute atomic E-state index is 12.4. The Morgan fingerprint density at radius 2 is 2.16 bits per heavy atom. The third-order valence-corrected chi connectivity index (χ3v) is 4.32. The molecule has 1 amide bonds. The SMILES string of the molecule is CCN(CC(C)C(N)=S)C(=O)c1ccc(C)c(Br)c1. The number of rotatable bonds is 5. The molecule has 0 saturated heterocycles. The second-order valence-electron chi connectivity index (χ2n) is 4.61. The fourth-order valence-corrected chi connectivity index (χ4v) is 2.14. The lowest BCUT2D eigenvalue weighted by Gasteiger charge is -2.24. The highest BCUT2D eigenvalue weighted by Crippen LogP contribution is 2.19. The van der Waals surface area contributed by atoms with E-state index >= 15 is 0 Å². The maximum atomic E-state index is 12.4. The van der Waals surface area contributed by atoms with E-state index in [0.717, 1.165) is 10.0 Å². The Bertz CT molecular complexity index is 490. The van der Waals surface area contributed by atoms with Gasteiger partial charge in [-0.1, -0.05) is 41.1 Å². The number of benzene rings is 1. The molecule has 0 aliphatic rings. The first kappa shape index (κ1) is 16.1. The Morgan fingerprint density at radius 1 is 1.53 bits per heavy atom. The standard InChI is InChI=1S/C14H19BrN2OS/c1-4-17(8-10(3)13(16)19)14(18)11-6-5-9(2)12(15)7-11/h5-7,10H,4,8H2,1-3H3,(H2,16,19). The van der Waals surface area contributed by atoms with E-state index in [-0.39, 0.29) is 11.8 Å². The summed E-state index contributed by atoms with van der Waals surface area (Å²) in [5, 5.41) is 0. The minimum atomic E-state index is 0.00583. The molecule has 104 valence electrons. The van der Waals surface area contributed by atoms with Crippen molar-refractivity contribution in [2.24, 2.45) is 11.7 Å². The lowest BCUT2D eigenvalue weighted by molar-refractivity contribution is 0.0755. The molecule has 0 aromatic heterocycles. The van der Waals surface area contributed by atoms with E-state index in [1.165, 1.54) is 0 Å². The number of nitrogens with two attached hydrogens (primary N) is 1. The van der Waals surface area contributed by atoms with Crippen LogP contribution in [0.2, 0.25) is 0 Å². The molecule has 2 N–H and O–H groups in total. The molecule has 0 aliphatic carbocycles. The van der Waals surface area contributed by atoms with Gasteiger partial charge in [0.25, 0.3) is 5.91 Å². The molecule has 0 radical (unpaired) electrons. The molecular weight excluding hydrogens is 324 g/mol. The van der Waals surface area contributed by atoms with Crippen LogP contribution < -0.4 is 5.73 Å². The Morgan fingerprint density at radius 3 is 2.63 bits per heavy atom. The number of carbonyl (C=O) groups excluding carboxylic acids is 1. The molecule has 19 heavy (non-hydrogen) atoms. The highest BCUT2D eigenvalue weighted by molar-refractivity contribution is 9.10. The maximum Gasteiger partial charge on any atom is 0.253 e. The average molecular weight is 343 g/mol. The zero-order valence-corrected chi connectivity index (χ0v) is 13.8. The number of halogens is 1. The first-order chi connectivity index (χ1) is 8.86. The van der Waals surface area contributed by atoms with E-state index in [9.17, 15) is 4.79 Å². The van der Waals surface area contributed by atoms with Crippen LogP contribution in [0.1, 0.15) is 29.8 Å². The zero-order chi connectivity index (χ0) is 14.6. The molecule has 5 heteroatoms. The molecule has 0 aliphatic heterocycles. The summed E-state index contributed by atoms with van der Waals surface area (Å²) in [5.41, 5.74) is 7.39. The number of carbonyl (C=O) groups is 1. The van der Waals surface area contributed by atoms with Gasteiger partial charge in [-0.25, -0.2) is 0 Å². The molecule has 1 aromatic rings. The molecule has 0 saturated carbocycles. The molecule has 3 nitrogen and oxygen atoms in total. The number of amides is 1. The van der Waals surface area contributed by atoms with Crippen molar-refractivity contribution in [3.05, 3.63) is 33.8 Å². The van der Waals surface area contributed by atoms with Crippen LogP contribution in [0.4, 0.5) is 0 Å². The first-order valence-corrected chi connectivity index (χ1v) is 7.41.